The minimum atomic E-state index is 0.0644. The van der Waals surface area contributed by atoms with Gasteiger partial charge in [0.1, 0.15) is 5.84 Å². The molecule has 1 rings (SSSR count). The van der Waals surface area contributed by atoms with Gasteiger partial charge in [-0.1, -0.05) is 25.1 Å². The van der Waals surface area contributed by atoms with Gasteiger partial charge in [0.25, 0.3) is 0 Å². The van der Waals surface area contributed by atoms with Crippen LogP contribution in [0.1, 0.15) is 32.3 Å². The molecule has 6 heteroatoms. The lowest BCUT2D eigenvalue weighted by molar-refractivity contribution is -0.132. The quantitative estimate of drug-likeness (QED) is 0.343. The number of oxime groups is 1. The third kappa shape index (κ3) is 5.69. The molecule has 0 saturated heterocycles. The van der Waals surface area contributed by atoms with E-state index in [-0.39, 0.29) is 11.7 Å². The summed E-state index contributed by atoms with van der Waals surface area (Å²) in [5.74, 6) is 0.482. The number of carbonyl (C=O) groups is 1. The Hall–Kier alpha value is -2.11. The lowest BCUT2D eigenvalue weighted by atomic mass is 10.1. The van der Waals surface area contributed by atoms with E-state index >= 15 is 0 Å². The van der Waals surface area contributed by atoms with Crippen molar-refractivity contribution in [3.8, 4) is 0 Å². The zero-order valence-electron chi connectivity index (χ0n) is 12.0. The number of nitrogens with two attached hydrogens (primary N) is 1. The lowest BCUT2D eigenvalue weighted by Crippen LogP contribution is -2.34. The fourth-order valence-corrected chi connectivity index (χ4v) is 1.78. The number of aromatic nitrogens is 1. The SMILES string of the molecule is CC(C)CC(=O)N(CCC(N)=NO)Cc1cccnc1. The maximum absolute atomic E-state index is 12.2. The highest BCUT2D eigenvalue weighted by Gasteiger charge is 2.15. The number of carbonyl (C=O) groups excluding carboxylic acids is 1. The van der Waals surface area contributed by atoms with Gasteiger partial charge in [-0.25, -0.2) is 0 Å². The van der Waals surface area contributed by atoms with Crippen LogP contribution >= 0.6 is 0 Å². The van der Waals surface area contributed by atoms with Crippen LogP contribution in [0.4, 0.5) is 0 Å². The summed E-state index contributed by atoms with van der Waals surface area (Å²) < 4.78 is 0. The summed E-state index contributed by atoms with van der Waals surface area (Å²) in [5.41, 5.74) is 6.43. The van der Waals surface area contributed by atoms with Crippen molar-refractivity contribution in [3.63, 3.8) is 0 Å². The van der Waals surface area contributed by atoms with E-state index in [1.54, 1.807) is 17.3 Å². The summed E-state index contributed by atoms with van der Waals surface area (Å²) in [6.45, 7) is 4.92. The van der Waals surface area contributed by atoms with Crippen molar-refractivity contribution in [1.29, 1.82) is 0 Å². The molecular formula is C14H22N4O2. The van der Waals surface area contributed by atoms with Crippen molar-refractivity contribution in [3.05, 3.63) is 30.1 Å². The van der Waals surface area contributed by atoms with Gasteiger partial charge < -0.3 is 15.8 Å². The highest BCUT2D eigenvalue weighted by atomic mass is 16.4. The molecule has 20 heavy (non-hydrogen) atoms. The number of rotatable bonds is 7. The highest BCUT2D eigenvalue weighted by molar-refractivity contribution is 5.81. The smallest absolute Gasteiger partial charge is 0.223 e. The van der Waals surface area contributed by atoms with Gasteiger partial charge in [-0.15, -0.1) is 0 Å². The van der Waals surface area contributed by atoms with Crippen molar-refractivity contribution in [2.45, 2.75) is 33.2 Å². The molecule has 1 aromatic heterocycles. The Kier molecular flexibility index (Phi) is 6.49. The second-order valence-corrected chi connectivity index (χ2v) is 5.12. The molecular weight excluding hydrogens is 256 g/mol. The Morgan fingerprint density at radius 3 is 2.85 bits per heavy atom. The fraction of sp³-hybridized carbons (Fsp3) is 0.500. The number of pyridine rings is 1. The Bertz CT molecular complexity index is 446. The fourth-order valence-electron chi connectivity index (χ4n) is 1.78. The monoisotopic (exact) mass is 278 g/mol. The summed E-state index contributed by atoms with van der Waals surface area (Å²) in [4.78, 5) is 18.0. The van der Waals surface area contributed by atoms with Gasteiger partial charge >= 0.3 is 0 Å². The summed E-state index contributed by atoms with van der Waals surface area (Å²) >= 11 is 0. The number of nitrogens with zero attached hydrogens (tertiary/aromatic N) is 3. The molecule has 1 heterocycles. The molecule has 0 aliphatic heterocycles. The Labute approximate surface area is 119 Å². The van der Waals surface area contributed by atoms with Crippen LogP contribution in [-0.4, -0.2) is 33.4 Å². The zero-order valence-corrected chi connectivity index (χ0v) is 12.0. The molecule has 3 N–H and O–H groups in total. The molecule has 0 radical (unpaired) electrons. The largest absolute Gasteiger partial charge is 0.409 e. The van der Waals surface area contributed by atoms with Crippen LogP contribution in [0.25, 0.3) is 0 Å². The number of hydrogen-bond acceptors (Lipinski definition) is 4. The predicted octanol–water partition coefficient (Wildman–Crippen LogP) is 1.59. The van der Waals surface area contributed by atoms with Gasteiger partial charge in [-0.3, -0.25) is 9.78 Å². The predicted molar refractivity (Wildman–Crippen MR) is 77.1 cm³/mol. The second-order valence-electron chi connectivity index (χ2n) is 5.12. The average Bonchev–Trinajstić information content (AvgIpc) is 2.43. The molecule has 0 aliphatic rings. The van der Waals surface area contributed by atoms with E-state index in [9.17, 15) is 4.79 Å². The molecule has 0 saturated carbocycles. The van der Waals surface area contributed by atoms with Gasteiger partial charge in [0, 0.05) is 38.3 Å². The molecule has 110 valence electrons. The standard InChI is InChI=1S/C14H22N4O2/c1-11(2)8-14(19)18(7-5-13(15)17-20)10-12-4-3-6-16-9-12/h3-4,6,9,11,20H,5,7-8,10H2,1-2H3,(H2,15,17). The van der Waals surface area contributed by atoms with Crippen LogP contribution in [0.5, 0.6) is 0 Å². The topological polar surface area (TPSA) is 91.8 Å². The van der Waals surface area contributed by atoms with Crippen molar-refractivity contribution in [2.75, 3.05) is 6.54 Å². The zero-order chi connectivity index (χ0) is 15.0. The third-order valence-electron chi connectivity index (χ3n) is 2.80. The Balaban J connectivity index is 2.70. The van der Waals surface area contributed by atoms with Crippen LogP contribution < -0.4 is 5.73 Å². The van der Waals surface area contributed by atoms with E-state index in [1.165, 1.54) is 0 Å². The van der Waals surface area contributed by atoms with Gasteiger partial charge in [0.2, 0.25) is 5.91 Å². The molecule has 0 fully saturated rings. The summed E-state index contributed by atoms with van der Waals surface area (Å²) in [6.07, 6.45) is 4.26. The Morgan fingerprint density at radius 2 is 2.30 bits per heavy atom. The van der Waals surface area contributed by atoms with Crippen LogP contribution in [0, 0.1) is 5.92 Å². The van der Waals surface area contributed by atoms with Crippen molar-refractivity contribution in [2.24, 2.45) is 16.8 Å². The van der Waals surface area contributed by atoms with Crippen molar-refractivity contribution < 1.29 is 10.0 Å². The normalized spacial score (nSPS) is 11.7. The number of amides is 1. The van der Waals surface area contributed by atoms with Gasteiger partial charge in [0.15, 0.2) is 0 Å². The molecule has 6 nitrogen and oxygen atoms in total. The van der Waals surface area contributed by atoms with Gasteiger partial charge in [-0.2, -0.15) is 0 Å². The minimum Gasteiger partial charge on any atom is -0.409 e. The first-order chi connectivity index (χ1) is 9.52. The van der Waals surface area contributed by atoms with Crippen LogP contribution in [0.15, 0.2) is 29.7 Å². The highest BCUT2D eigenvalue weighted by Crippen LogP contribution is 2.09. The third-order valence-corrected chi connectivity index (χ3v) is 2.80. The van der Waals surface area contributed by atoms with E-state index in [2.05, 4.69) is 10.1 Å². The van der Waals surface area contributed by atoms with E-state index in [1.807, 2.05) is 26.0 Å². The lowest BCUT2D eigenvalue weighted by Gasteiger charge is -2.23. The maximum Gasteiger partial charge on any atom is 0.223 e. The van der Waals surface area contributed by atoms with Gasteiger partial charge in [-0.05, 0) is 17.5 Å². The molecule has 1 aromatic rings. The first-order valence-electron chi connectivity index (χ1n) is 6.66. The van der Waals surface area contributed by atoms with Crippen LogP contribution in [-0.2, 0) is 11.3 Å². The molecule has 0 atom stereocenters. The molecule has 0 aliphatic carbocycles. The molecule has 0 bridgehead atoms. The minimum absolute atomic E-state index is 0.0644. The average molecular weight is 278 g/mol. The Morgan fingerprint density at radius 1 is 1.55 bits per heavy atom. The van der Waals surface area contributed by atoms with Gasteiger partial charge in [0.05, 0.1) is 0 Å². The second kappa shape index (κ2) is 8.14. The summed E-state index contributed by atoms with van der Waals surface area (Å²) in [6, 6.07) is 3.76. The molecule has 0 unspecified atom stereocenters. The van der Waals surface area contributed by atoms with E-state index in [4.69, 9.17) is 10.9 Å². The molecule has 1 amide bonds. The first-order valence-corrected chi connectivity index (χ1v) is 6.66. The summed E-state index contributed by atoms with van der Waals surface area (Å²) in [7, 11) is 0. The number of hydrogen-bond donors (Lipinski definition) is 2. The van der Waals surface area contributed by atoms with E-state index < -0.39 is 0 Å². The van der Waals surface area contributed by atoms with E-state index in [0.29, 0.717) is 31.8 Å². The van der Waals surface area contributed by atoms with Crippen LogP contribution in [0.2, 0.25) is 0 Å². The van der Waals surface area contributed by atoms with Crippen LogP contribution in [0.3, 0.4) is 0 Å². The maximum atomic E-state index is 12.2. The van der Waals surface area contributed by atoms with Crippen molar-refractivity contribution in [1.82, 2.24) is 9.88 Å². The molecule has 0 aromatic carbocycles. The summed E-state index contributed by atoms with van der Waals surface area (Å²) in [5, 5.41) is 11.5. The number of amidine groups is 1. The van der Waals surface area contributed by atoms with E-state index in [0.717, 1.165) is 5.56 Å². The molecule has 0 spiro atoms. The van der Waals surface area contributed by atoms with Crippen molar-refractivity contribution >= 4 is 11.7 Å². The first kappa shape index (κ1) is 15.9.